The molecule has 0 radical (unpaired) electrons. The molecule has 1 aliphatic rings. The lowest BCUT2D eigenvalue weighted by Gasteiger charge is -2.33. The molecule has 1 aliphatic carbocycles. The molecule has 0 unspecified atom stereocenters. The molecule has 0 saturated heterocycles. The van der Waals surface area contributed by atoms with Gasteiger partial charge < -0.3 is 10.2 Å². The van der Waals surface area contributed by atoms with Crippen LogP contribution in [0.25, 0.3) is 0 Å². The maximum absolute atomic E-state index is 13.8. The van der Waals surface area contributed by atoms with Crippen LogP contribution in [0.15, 0.2) is 42.5 Å². The van der Waals surface area contributed by atoms with E-state index in [1.807, 2.05) is 26.0 Å². The highest BCUT2D eigenvalue weighted by Gasteiger charge is 2.33. The topological polar surface area (TPSA) is 86.8 Å². The Bertz CT molecular complexity index is 1200. The van der Waals surface area contributed by atoms with E-state index in [4.69, 9.17) is 23.2 Å². The molecule has 0 bridgehead atoms. The molecule has 0 aromatic heterocycles. The molecular formula is C27H35Cl2N3O4S. The van der Waals surface area contributed by atoms with Gasteiger partial charge in [-0.15, -0.1) is 0 Å². The average molecular weight is 569 g/mol. The third kappa shape index (κ3) is 7.85. The fourth-order valence-electron chi connectivity index (χ4n) is 4.63. The van der Waals surface area contributed by atoms with E-state index in [0.29, 0.717) is 27.7 Å². The Labute approximate surface area is 230 Å². The maximum Gasteiger partial charge on any atom is 0.244 e. The Kier molecular flexibility index (Phi) is 10.3. The average Bonchev–Trinajstić information content (AvgIpc) is 3.37. The number of hydrogen-bond acceptors (Lipinski definition) is 4. The van der Waals surface area contributed by atoms with Crippen molar-refractivity contribution < 1.29 is 18.0 Å². The van der Waals surface area contributed by atoms with E-state index < -0.39 is 28.5 Å². The normalized spacial score (nSPS) is 14.8. The van der Waals surface area contributed by atoms with Gasteiger partial charge in [0.25, 0.3) is 0 Å². The number of halogens is 2. The lowest BCUT2D eigenvalue weighted by Crippen LogP contribution is -2.53. The van der Waals surface area contributed by atoms with Crippen molar-refractivity contribution in [2.24, 2.45) is 0 Å². The molecule has 0 spiro atoms. The van der Waals surface area contributed by atoms with Gasteiger partial charge in [0, 0.05) is 12.6 Å². The van der Waals surface area contributed by atoms with Gasteiger partial charge in [0.1, 0.15) is 12.6 Å². The van der Waals surface area contributed by atoms with E-state index in [1.165, 1.54) is 4.90 Å². The van der Waals surface area contributed by atoms with Gasteiger partial charge in [-0.25, -0.2) is 8.42 Å². The van der Waals surface area contributed by atoms with Gasteiger partial charge >= 0.3 is 0 Å². The van der Waals surface area contributed by atoms with Crippen LogP contribution in [-0.2, 0) is 32.6 Å². The summed E-state index contributed by atoms with van der Waals surface area (Å²) in [7, 11) is -3.78. The summed E-state index contributed by atoms with van der Waals surface area (Å²) >= 11 is 12.3. The summed E-state index contributed by atoms with van der Waals surface area (Å²) in [5.41, 5.74) is 2.14. The molecule has 2 aromatic rings. The third-order valence-electron chi connectivity index (χ3n) is 6.74. The van der Waals surface area contributed by atoms with Crippen molar-refractivity contribution in [1.82, 2.24) is 10.2 Å². The molecule has 1 fully saturated rings. The van der Waals surface area contributed by atoms with Gasteiger partial charge in [0.2, 0.25) is 21.8 Å². The zero-order valence-corrected chi connectivity index (χ0v) is 23.9. The minimum absolute atomic E-state index is 0.0820. The number of carbonyl (C=O) groups is 2. The SMILES string of the molecule is CCc1ccc(N(CC(=O)N(Cc2ccc(Cl)c(Cl)c2)[C@@H](CC)C(=O)NC2CCCC2)S(C)(=O)=O)cc1. The predicted octanol–water partition coefficient (Wildman–Crippen LogP) is 5.19. The van der Waals surface area contributed by atoms with Crippen molar-refractivity contribution in [3.8, 4) is 0 Å². The summed E-state index contributed by atoms with van der Waals surface area (Å²) < 4.78 is 26.5. The van der Waals surface area contributed by atoms with Gasteiger partial charge in [0.15, 0.2) is 0 Å². The van der Waals surface area contributed by atoms with Crippen LogP contribution in [-0.4, -0.2) is 50.0 Å². The van der Waals surface area contributed by atoms with Gasteiger partial charge in [-0.05, 0) is 61.1 Å². The van der Waals surface area contributed by atoms with E-state index in [0.717, 1.165) is 48.2 Å². The van der Waals surface area contributed by atoms with E-state index in [2.05, 4.69) is 5.32 Å². The molecule has 7 nitrogen and oxygen atoms in total. The van der Waals surface area contributed by atoms with Crippen molar-refractivity contribution in [2.75, 3.05) is 17.1 Å². The molecule has 10 heteroatoms. The lowest BCUT2D eigenvalue weighted by molar-refractivity contribution is -0.140. The van der Waals surface area contributed by atoms with Gasteiger partial charge in [-0.3, -0.25) is 13.9 Å². The monoisotopic (exact) mass is 567 g/mol. The number of sulfonamides is 1. The fraction of sp³-hybridized carbons (Fsp3) is 0.481. The number of carbonyl (C=O) groups excluding carboxylic acids is 2. The number of nitrogens with one attached hydrogen (secondary N) is 1. The van der Waals surface area contributed by atoms with Crippen molar-refractivity contribution >= 4 is 50.7 Å². The lowest BCUT2D eigenvalue weighted by atomic mass is 10.1. The number of rotatable bonds is 11. The first kappa shape index (κ1) is 29.3. The Hall–Kier alpha value is -2.29. The van der Waals surface area contributed by atoms with Crippen molar-refractivity contribution in [2.45, 2.75) is 71.0 Å². The van der Waals surface area contributed by atoms with Crippen LogP contribution in [0.4, 0.5) is 5.69 Å². The second-order valence-electron chi connectivity index (χ2n) is 9.47. The van der Waals surface area contributed by atoms with Crippen LogP contribution in [0.5, 0.6) is 0 Å². The number of nitrogens with zero attached hydrogens (tertiary/aromatic N) is 2. The highest BCUT2D eigenvalue weighted by Crippen LogP contribution is 2.25. The highest BCUT2D eigenvalue weighted by molar-refractivity contribution is 7.92. The van der Waals surface area contributed by atoms with Crippen LogP contribution in [0, 0.1) is 0 Å². The third-order valence-corrected chi connectivity index (χ3v) is 8.62. The molecule has 3 rings (SSSR count). The number of benzene rings is 2. The number of anilines is 1. The fourth-order valence-corrected chi connectivity index (χ4v) is 5.80. The summed E-state index contributed by atoms with van der Waals surface area (Å²) in [6.07, 6.45) is 6.21. The predicted molar refractivity (Wildman–Crippen MR) is 149 cm³/mol. The molecule has 0 heterocycles. The molecule has 1 N–H and O–H groups in total. The van der Waals surface area contributed by atoms with Crippen LogP contribution < -0.4 is 9.62 Å². The number of aryl methyl sites for hydroxylation is 1. The van der Waals surface area contributed by atoms with Crippen LogP contribution >= 0.6 is 23.2 Å². The number of hydrogen-bond donors (Lipinski definition) is 1. The van der Waals surface area contributed by atoms with Gasteiger partial charge in [-0.2, -0.15) is 0 Å². The largest absolute Gasteiger partial charge is 0.352 e. The molecule has 1 atom stereocenters. The van der Waals surface area contributed by atoms with Gasteiger partial charge in [-0.1, -0.05) is 68.1 Å². The molecular weight excluding hydrogens is 533 g/mol. The maximum atomic E-state index is 13.8. The van der Waals surface area contributed by atoms with E-state index in [9.17, 15) is 18.0 Å². The van der Waals surface area contributed by atoms with Crippen LogP contribution in [0.3, 0.4) is 0 Å². The molecule has 1 saturated carbocycles. The quantitative estimate of drug-likeness (QED) is 0.405. The van der Waals surface area contributed by atoms with E-state index in [1.54, 1.807) is 30.3 Å². The smallest absolute Gasteiger partial charge is 0.244 e. The van der Waals surface area contributed by atoms with E-state index >= 15 is 0 Å². The molecule has 202 valence electrons. The van der Waals surface area contributed by atoms with Gasteiger partial charge in [0.05, 0.1) is 22.0 Å². The molecule has 37 heavy (non-hydrogen) atoms. The second-order valence-corrected chi connectivity index (χ2v) is 12.2. The minimum atomic E-state index is -3.78. The zero-order valence-electron chi connectivity index (χ0n) is 21.5. The number of amides is 2. The first-order valence-electron chi connectivity index (χ1n) is 12.6. The summed E-state index contributed by atoms with van der Waals surface area (Å²) in [6.45, 7) is 3.50. The van der Waals surface area contributed by atoms with Crippen molar-refractivity contribution in [1.29, 1.82) is 0 Å². The Balaban J connectivity index is 1.93. The second kappa shape index (κ2) is 13.0. The minimum Gasteiger partial charge on any atom is -0.352 e. The highest BCUT2D eigenvalue weighted by atomic mass is 35.5. The molecule has 2 aromatic carbocycles. The first-order valence-corrected chi connectivity index (χ1v) is 15.2. The van der Waals surface area contributed by atoms with Crippen LogP contribution in [0.2, 0.25) is 10.0 Å². The van der Waals surface area contributed by atoms with Crippen molar-refractivity contribution in [3.05, 3.63) is 63.6 Å². The summed E-state index contributed by atoms with van der Waals surface area (Å²) in [5.74, 6) is -0.717. The first-order chi connectivity index (χ1) is 17.5. The van der Waals surface area contributed by atoms with E-state index in [-0.39, 0.29) is 18.5 Å². The molecule has 2 amide bonds. The summed E-state index contributed by atoms with van der Waals surface area (Å²) in [5, 5.41) is 3.81. The zero-order chi connectivity index (χ0) is 27.2. The Morgan fingerprint density at radius 1 is 1.00 bits per heavy atom. The Morgan fingerprint density at radius 3 is 2.16 bits per heavy atom. The summed E-state index contributed by atoms with van der Waals surface area (Å²) in [6, 6.07) is 11.4. The molecule has 0 aliphatic heterocycles. The Morgan fingerprint density at radius 2 is 1.62 bits per heavy atom. The standard InChI is InChI=1S/C27H35Cl2N3O4S/c1-4-19-10-13-22(14-11-19)32(37(3,35)36)18-26(33)31(17-20-12-15-23(28)24(29)16-20)25(5-2)27(34)30-21-8-6-7-9-21/h10-16,21,25H,4-9,17-18H2,1-3H3,(H,30,34)/t25-/m0/s1. The summed E-state index contributed by atoms with van der Waals surface area (Å²) in [4.78, 5) is 28.5. The van der Waals surface area contributed by atoms with Crippen molar-refractivity contribution in [3.63, 3.8) is 0 Å². The van der Waals surface area contributed by atoms with Crippen LogP contribution in [0.1, 0.15) is 57.1 Å².